The Labute approximate surface area is 124 Å². The van der Waals surface area contributed by atoms with Gasteiger partial charge in [0.1, 0.15) is 15.8 Å². The molecule has 22 heavy (non-hydrogen) atoms. The Balaban J connectivity index is 2.39. The number of halogens is 2. The van der Waals surface area contributed by atoms with Crippen LogP contribution in [0, 0.1) is 11.6 Å². The van der Waals surface area contributed by atoms with Crippen molar-refractivity contribution in [2.45, 2.75) is 0 Å². The van der Waals surface area contributed by atoms with Crippen molar-refractivity contribution in [3.63, 3.8) is 0 Å². The third kappa shape index (κ3) is 1.42. The van der Waals surface area contributed by atoms with Crippen LogP contribution in [0.5, 0.6) is 0 Å². The number of thiazole rings is 1. The average molecular weight is 320 g/mol. The minimum absolute atomic E-state index is 0.139. The Morgan fingerprint density at radius 1 is 1.32 bits per heavy atom. The van der Waals surface area contributed by atoms with Gasteiger partial charge < -0.3 is 5.11 Å². The van der Waals surface area contributed by atoms with E-state index in [-0.39, 0.29) is 15.7 Å². The number of carboxylic acids is 1. The Kier molecular flexibility index (Phi) is 2.37. The van der Waals surface area contributed by atoms with Crippen LogP contribution >= 0.6 is 11.3 Å². The van der Waals surface area contributed by atoms with E-state index >= 15 is 0 Å². The minimum atomic E-state index is -1.40. The molecule has 4 rings (SSSR count). The summed E-state index contributed by atoms with van der Waals surface area (Å²) in [5.41, 5.74) is -0.482. The van der Waals surface area contributed by atoms with Crippen molar-refractivity contribution in [2.24, 2.45) is 4.99 Å². The molecule has 0 atom stereocenters. The van der Waals surface area contributed by atoms with Gasteiger partial charge in [0.15, 0.2) is 11.6 Å². The molecule has 0 saturated carbocycles. The number of pyridine rings is 1. The van der Waals surface area contributed by atoms with Crippen LogP contribution in [0.1, 0.15) is 10.4 Å². The van der Waals surface area contributed by atoms with E-state index in [1.165, 1.54) is 4.40 Å². The van der Waals surface area contributed by atoms with Crippen LogP contribution in [0.4, 0.5) is 8.78 Å². The van der Waals surface area contributed by atoms with Gasteiger partial charge >= 0.3 is 5.97 Å². The molecule has 110 valence electrons. The number of hydrogen-bond donors (Lipinski definition) is 1. The Bertz CT molecular complexity index is 1210. The van der Waals surface area contributed by atoms with Crippen LogP contribution in [-0.2, 0) is 0 Å². The van der Waals surface area contributed by atoms with E-state index in [4.69, 9.17) is 0 Å². The Morgan fingerprint density at radius 3 is 2.64 bits per heavy atom. The van der Waals surface area contributed by atoms with E-state index in [1.807, 2.05) is 0 Å². The zero-order valence-corrected chi connectivity index (χ0v) is 11.8. The molecule has 0 amide bonds. The first kappa shape index (κ1) is 13.1. The summed E-state index contributed by atoms with van der Waals surface area (Å²) in [6, 6.07) is 1.64. The van der Waals surface area contributed by atoms with Crippen LogP contribution < -0.4 is 10.8 Å². The summed E-state index contributed by atoms with van der Waals surface area (Å²) in [5, 5.41) is 9.81. The molecule has 0 bridgehead atoms. The molecule has 0 radical (unpaired) electrons. The number of fused-ring (bicyclic) bond motifs is 5. The van der Waals surface area contributed by atoms with Crippen molar-refractivity contribution in [1.29, 1.82) is 0 Å². The molecule has 0 saturated heterocycles. The van der Waals surface area contributed by atoms with Crippen molar-refractivity contribution in [3.8, 4) is 0 Å². The van der Waals surface area contributed by atoms with E-state index < -0.39 is 28.6 Å². The number of nitrogens with zero attached hydrogens (tertiary/aromatic N) is 2. The number of benzene rings is 1. The number of carboxylic acid groups (broad SMARTS) is 1. The standard InChI is InChI=1S/C14H6F2N2O3S/c1-17-9-10-12(9)22-13-8(14(20)21)11(19)4-2-5(15)6(16)3-7(4)18(10)13/h2-3H,1H3,(H,20,21). The van der Waals surface area contributed by atoms with Gasteiger partial charge in [-0.3, -0.25) is 14.2 Å². The van der Waals surface area contributed by atoms with Gasteiger partial charge in [0.2, 0.25) is 5.43 Å². The molecule has 2 aromatic carbocycles. The highest BCUT2D eigenvalue weighted by atomic mass is 32.1. The minimum Gasteiger partial charge on any atom is -0.477 e. The number of rotatable bonds is 1. The van der Waals surface area contributed by atoms with E-state index in [0.29, 0.717) is 10.9 Å². The lowest BCUT2D eigenvalue weighted by Gasteiger charge is -2.06. The second-order valence-electron chi connectivity index (χ2n) is 4.79. The number of aromatic nitrogens is 1. The molecule has 0 aliphatic rings. The van der Waals surface area contributed by atoms with Crippen LogP contribution in [-0.4, -0.2) is 22.5 Å². The van der Waals surface area contributed by atoms with Gasteiger partial charge in [-0.15, -0.1) is 11.3 Å². The predicted octanol–water partition coefficient (Wildman–Crippen LogP) is 2.05. The monoisotopic (exact) mass is 320 g/mol. The van der Waals surface area contributed by atoms with Crippen molar-refractivity contribution in [3.05, 3.63) is 44.9 Å². The van der Waals surface area contributed by atoms with Crippen LogP contribution in [0.3, 0.4) is 0 Å². The Hall–Kier alpha value is -2.61. The summed E-state index contributed by atoms with van der Waals surface area (Å²) in [7, 11) is 1.58. The number of carbonyl (C=O) groups is 1. The van der Waals surface area contributed by atoms with E-state index in [1.54, 1.807) is 7.05 Å². The highest BCUT2D eigenvalue weighted by Crippen LogP contribution is 2.33. The van der Waals surface area contributed by atoms with Crippen molar-refractivity contribution < 1.29 is 18.7 Å². The highest BCUT2D eigenvalue weighted by Gasteiger charge is 2.27. The summed E-state index contributed by atoms with van der Waals surface area (Å²) in [5.74, 6) is -3.69. The Morgan fingerprint density at radius 2 is 2.00 bits per heavy atom. The SMILES string of the molecule is CN=c1c2sc3c(C(=O)O)c(=O)c4cc(F)c(F)cc4n3c12. The maximum Gasteiger partial charge on any atom is 0.342 e. The van der Waals surface area contributed by atoms with E-state index in [2.05, 4.69) is 4.99 Å². The molecular formula is C14H6F2N2O3S. The van der Waals surface area contributed by atoms with Crippen molar-refractivity contribution in [1.82, 2.24) is 4.40 Å². The zero-order chi connectivity index (χ0) is 15.8. The van der Waals surface area contributed by atoms with Crippen molar-refractivity contribution in [2.75, 3.05) is 7.05 Å². The summed E-state index contributed by atoms with van der Waals surface area (Å²) in [6.07, 6.45) is 0. The first-order chi connectivity index (χ1) is 10.5. The van der Waals surface area contributed by atoms with Gasteiger partial charge in [-0.05, 0) is 6.07 Å². The maximum absolute atomic E-state index is 13.6. The summed E-state index contributed by atoms with van der Waals surface area (Å²) in [4.78, 5) is 28.0. The van der Waals surface area contributed by atoms with Gasteiger partial charge in [-0.25, -0.2) is 13.6 Å². The molecule has 1 N–H and O–H groups in total. The molecular weight excluding hydrogens is 314 g/mol. The fourth-order valence-corrected chi connectivity index (χ4v) is 3.90. The number of aromatic carboxylic acids is 1. The molecule has 8 heteroatoms. The maximum atomic E-state index is 13.6. The van der Waals surface area contributed by atoms with Gasteiger partial charge in [-0.2, -0.15) is 0 Å². The topological polar surface area (TPSA) is 71.1 Å². The highest BCUT2D eigenvalue weighted by molar-refractivity contribution is 7.25. The summed E-state index contributed by atoms with van der Waals surface area (Å²) < 4.78 is 29.2. The van der Waals surface area contributed by atoms with Crippen LogP contribution in [0.2, 0.25) is 0 Å². The van der Waals surface area contributed by atoms with Gasteiger partial charge in [0.05, 0.1) is 21.1 Å². The lowest BCUT2D eigenvalue weighted by molar-refractivity contribution is 0.0697. The largest absolute Gasteiger partial charge is 0.477 e. The summed E-state index contributed by atoms with van der Waals surface area (Å²) >= 11 is 1.11. The van der Waals surface area contributed by atoms with Crippen LogP contribution in [0.15, 0.2) is 21.9 Å². The second-order valence-corrected chi connectivity index (χ2v) is 5.78. The quantitative estimate of drug-likeness (QED) is 0.546. The molecule has 5 nitrogen and oxygen atoms in total. The molecule has 0 aliphatic heterocycles. The van der Waals surface area contributed by atoms with Crippen LogP contribution in [0.25, 0.3) is 25.9 Å². The smallest absolute Gasteiger partial charge is 0.342 e. The third-order valence-electron chi connectivity index (χ3n) is 3.62. The predicted molar refractivity (Wildman–Crippen MR) is 77.3 cm³/mol. The fraction of sp³-hybridized carbons (Fsp3) is 0.0714. The lowest BCUT2D eigenvalue weighted by atomic mass is 10.1. The third-order valence-corrected chi connectivity index (χ3v) is 4.79. The molecule has 4 aromatic rings. The molecule has 0 aliphatic carbocycles. The fourth-order valence-electron chi connectivity index (χ4n) is 2.62. The summed E-state index contributed by atoms with van der Waals surface area (Å²) in [6.45, 7) is 0. The molecule has 2 aromatic heterocycles. The zero-order valence-electron chi connectivity index (χ0n) is 11.0. The molecule has 0 unspecified atom stereocenters. The second kappa shape index (κ2) is 3.98. The molecule has 0 spiro atoms. The first-order valence-electron chi connectivity index (χ1n) is 6.16. The van der Waals surface area contributed by atoms with E-state index in [9.17, 15) is 23.5 Å². The van der Waals surface area contributed by atoms with Gasteiger partial charge in [0.25, 0.3) is 0 Å². The molecule has 2 heterocycles. The number of hydrogen-bond acceptors (Lipinski definition) is 4. The van der Waals surface area contributed by atoms with E-state index in [0.717, 1.165) is 28.2 Å². The molecule has 0 fully saturated rings. The normalized spacial score (nSPS) is 13.1. The lowest BCUT2D eigenvalue weighted by Crippen LogP contribution is -2.18. The first-order valence-corrected chi connectivity index (χ1v) is 6.98. The average Bonchev–Trinajstić information content (AvgIpc) is 3.00. The van der Waals surface area contributed by atoms with Gasteiger partial charge in [-0.1, -0.05) is 0 Å². The van der Waals surface area contributed by atoms with Crippen molar-refractivity contribution >= 4 is 43.3 Å². The van der Waals surface area contributed by atoms with Gasteiger partial charge in [0, 0.05) is 13.1 Å².